The van der Waals surface area contributed by atoms with Crippen molar-refractivity contribution in [1.29, 1.82) is 0 Å². The molecule has 0 aliphatic carbocycles. The fraction of sp³-hybridized carbons (Fsp3) is 0.429. The maximum atomic E-state index is 11.8. The SMILES string of the molecule is O=C(O)c1cnn(CCC(F)(F)F)c1Cl. The maximum Gasteiger partial charge on any atom is 0.390 e. The summed E-state index contributed by atoms with van der Waals surface area (Å²) in [6.45, 7) is -0.490. The van der Waals surface area contributed by atoms with Crippen molar-refractivity contribution in [3.05, 3.63) is 16.9 Å². The number of carbonyl (C=O) groups is 1. The van der Waals surface area contributed by atoms with E-state index in [-0.39, 0.29) is 10.7 Å². The second kappa shape index (κ2) is 4.09. The van der Waals surface area contributed by atoms with Gasteiger partial charge in [-0.25, -0.2) is 4.79 Å². The Morgan fingerprint density at radius 2 is 2.20 bits per heavy atom. The van der Waals surface area contributed by atoms with Crippen molar-refractivity contribution in [3.8, 4) is 0 Å². The average Bonchev–Trinajstić information content (AvgIpc) is 2.42. The summed E-state index contributed by atoms with van der Waals surface area (Å²) in [6.07, 6.45) is -4.51. The van der Waals surface area contributed by atoms with E-state index in [9.17, 15) is 18.0 Å². The zero-order valence-electron chi connectivity index (χ0n) is 7.25. The molecule has 4 nitrogen and oxygen atoms in total. The van der Waals surface area contributed by atoms with Gasteiger partial charge in [-0.15, -0.1) is 0 Å². The molecular weight excluding hydrogens is 237 g/mol. The molecule has 15 heavy (non-hydrogen) atoms. The van der Waals surface area contributed by atoms with E-state index in [4.69, 9.17) is 16.7 Å². The fourth-order valence-corrected chi connectivity index (χ4v) is 1.16. The molecule has 0 atom stereocenters. The van der Waals surface area contributed by atoms with Crippen LogP contribution in [0.2, 0.25) is 5.15 Å². The third-order valence-electron chi connectivity index (χ3n) is 1.61. The molecule has 1 N–H and O–H groups in total. The van der Waals surface area contributed by atoms with E-state index in [0.717, 1.165) is 10.9 Å². The first-order valence-electron chi connectivity index (χ1n) is 3.82. The third kappa shape index (κ3) is 3.12. The first kappa shape index (κ1) is 11.8. The number of carboxylic acids is 1. The summed E-state index contributed by atoms with van der Waals surface area (Å²) < 4.78 is 36.3. The molecule has 84 valence electrons. The Labute approximate surface area is 87.3 Å². The van der Waals surface area contributed by atoms with E-state index in [2.05, 4.69) is 5.10 Å². The summed E-state index contributed by atoms with van der Waals surface area (Å²) in [5.41, 5.74) is -0.307. The van der Waals surface area contributed by atoms with Crippen LogP contribution in [0.15, 0.2) is 6.20 Å². The number of aromatic carboxylic acids is 1. The molecule has 1 aromatic heterocycles. The number of aromatic nitrogens is 2. The van der Waals surface area contributed by atoms with Gasteiger partial charge in [-0.2, -0.15) is 18.3 Å². The lowest BCUT2D eigenvalue weighted by atomic mass is 10.4. The Bertz CT molecular complexity index is 375. The van der Waals surface area contributed by atoms with Crippen molar-refractivity contribution < 1.29 is 23.1 Å². The van der Waals surface area contributed by atoms with Crippen LogP contribution in [0.3, 0.4) is 0 Å². The molecule has 0 fully saturated rings. The van der Waals surface area contributed by atoms with Gasteiger partial charge in [-0.1, -0.05) is 11.6 Å². The Morgan fingerprint density at radius 3 is 2.60 bits per heavy atom. The predicted molar refractivity (Wildman–Crippen MR) is 44.9 cm³/mol. The highest BCUT2D eigenvalue weighted by Crippen LogP contribution is 2.22. The van der Waals surface area contributed by atoms with Gasteiger partial charge < -0.3 is 5.11 Å². The molecule has 8 heteroatoms. The third-order valence-corrected chi connectivity index (χ3v) is 2.01. The van der Waals surface area contributed by atoms with Crippen LogP contribution in [0.5, 0.6) is 0 Å². The number of rotatable bonds is 3. The standard InChI is InChI=1S/C7H6ClF3N2O2/c8-5-4(6(14)15)3-12-13(5)2-1-7(9,10)11/h3H,1-2H2,(H,14,15). The van der Waals surface area contributed by atoms with E-state index in [1.54, 1.807) is 0 Å². The van der Waals surface area contributed by atoms with E-state index in [1.165, 1.54) is 0 Å². The topological polar surface area (TPSA) is 55.1 Å². The number of aryl methyl sites for hydroxylation is 1. The lowest BCUT2D eigenvalue weighted by Crippen LogP contribution is -2.13. The highest BCUT2D eigenvalue weighted by Gasteiger charge is 2.27. The number of alkyl halides is 3. The highest BCUT2D eigenvalue weighted by atomic mass is 35.5. The number of nitrogens with zero attached hydrogens (tertiary/aromatic N) is 2. The van der Waals surface area contributed by atoms with Crippen molar-refractivity contribution >= 4 is 17.6 Å². The molecule has 0 aromatic carbocycles. The molecule has 0 amide bonds. The zero-order valence-corrected chi connectivity index (χ0v) is 8.01. The molecule has 0 aliphatic heterocycles. The van der Waals surface area contributed by atoms with E-state index in [0.29, 0.717) is 0 Å². The molecule has 0 radical (unpaired) electrons. The first-order valence-corrected chi connectivity index (χ1v) is 4.20. The van der Waals surface area contributed by atoms with Gasteiger partial charge in [0.15, 0.2) is 0 Å². The summed E-state index contributed by atoms with van der Waals surface area (Å²) in [4.78, 5) is 10.5. The Balaban J connectivity index is 2.75. The van der Waals surface area contributed by atoms with Crippen LogP contribution < -0.4 is 0 Å². The molecule has 0 aliphatic rings. The van der Waals surface area contributed by atoms with Crippen molar-refractivity contribution in [1.82, 2.24) is 9.78 Å². The van der Waals surface area contributed by atoms with E-state index in [1.807, 2.05) is 0 Å². The molecular formula is C7H6ClF3N2O2. The van der Waals surface area contributed by atoms with E-state index >= 15 is 0 Å². The second-order valence-corrected chi connectivity index (χ2v) is 3.10. The van der Waals surface area contributed by atoms with Gasteiger partial charge in [-0.05, 0) is 0 Å². The van der Waals surface area contributed by atoms with Crippen molar-refractivity contribution in [3.63, 3.8) is 0 Å². The molecule has 0 unspecified atom stereocenters. The van der Waals surface area contributed by atoms with Crippen LogP contribution in [-0.2, 0) is 6.54 Å². The lowest BCUT2D eigenvalue weighted by Gasteiger charge is -2.06. The number of halogens is 4. The highest BCUT2D eigenvalue weighted by molar-refractivity contribution is 6.32. The largest absolute Gasteiger partial charge is 0.478 e. The van der Waals surface area contributed by atoms with Crippen LogP contribution in [0.25, 0.3) is 0 Å². The molecule has 1 heterocycles. The minimum Gasteiger partial charge on any atom is -0.478 e. The monoisotopic (exact) mass is 242 g/mol. The van der Waals surface area contributed by atoms with Gasteiger partial charge in [0.1, 0.15) is 10.7 Å². The van der Waals surface area contributed by atoms with Crippen molar-refractivity contribution in [2.24, 2.45) is 0 Å². The minimum absolute atomic E-state index is 0.299. The number of hydrogen-bond donors (Lipinski definition) is 1. The van der Waals surface area contributed by atoms with Gasteiger partial charge >= 0.3 is 12.1 Å². The average molecular weight is 243 g/mol. The van der Waals surface area contributed by atoms with Crippen LogP contribution >= 0.6 is 11.6 Å². The Kier molecular flexibility index (Phi) is 3.23. The van der Waals surface area contributed by atoms with Gasteiger partial charge in [0.05, 0.1) is 19.2 Å². The Morgan fingerprint density at radius 1 is 1.60 bits per heavy atom. The second-order valence-electron chi connectivity index (χ2n) is 2.74. The van der Waals surface area contributed by atoms with Crippen LogP contribution in [-0.4, -0.2) is 27.0 Å². The Hall–Kier alpha value is -1.24. The molecule has 1 aromatic rings. The van der Waals surface area contributed by atoms with E-state index < -0.39 is 25.1 Å². The van der Waals surface area contributed by atoms with Crippen LogP contribution in [0, 0.1) is 0 Å². The normalized spacial score (nSPS) is 11.7. The quantitative estimate of drug-likeness (QED) is 0.884. The summed E-state index contributed by atoms with van der Waals surface area (Å²) in [7, 11) is 0. The molecule has 1 rings (SSSR count). The molecule has 0 spiro atoms. The van der Waals surface area contributed by atoms with Crippen LogP contribution in [0.1, 0.15) is 16.8 Å². The van der Waals surface area contributed by atoms with Gasteiger partial charge in [0, 0.05) is 0 Å². The van der Waals surface area contributed by atoms with Crippen LogP contribution in [0.4, 0.5) is 13.2 Å². The maximum absolute atomic E-state index is 11.8. The summed E-state index contributed by atoms with van der Waals surface area (Å²) in [6, 6.07) is 0. The number of carboxylic acid groups (broad SMARTS) is 1. The van der Waals surface area contributed by atoms with Gasteiger partial charge in [0.2, 0.25) is 0 Å². The van der Waals surface area contributed by atoms with Gasteiger partial charge in [-0.3, -0.25) is 4.68 Å². The number of hydrogen-bond acceptors (Lipinski definition) is 2. The molecule has 0 bridgehead atoms. The van der Waals surface area contributed by atoms with Crippen molar-refractivity contribution in [2.45, 2.75) is 19.1 Å². The fourth-order valence-electron chi connectivity index (χ4n) is 0.902. The molecule has 0 saturated carbocycles. The zero-order chi connectivity index (χ0) is 11.6. The smallest absolute Gasteiger partial charge is 0.390 e. The predicted octanol–water partition coefficient (Wildman–Crippen LogP) is 2.19. The summed E-state index contributed by atoms with van der Waals surface area (Å²) in [5, 5.41) is 11.7. The minimum atomic E-state index is -4.32. The molecule has 0 saturated heterocycles. The first-order chi connectivity index (χ1) is 6.81. The summed E-state index contributed by atoms with van der Waals surface area (Å²) in [5.74, 6) is -1.32. The van der Waals surface area contributed by atoms with Crippen molar-refractivity contribution in [2.75, 3.05) is 0 Å². The lowest BCUT2D eigenvalue weighted by molar-refractivity contribution is -0.137. The summed E-state index contributed by atoms with van der Waals surface area (Å²) >= 11 is 5.50. The van der Waals surface area contributed by atoms with Gasteiger partial charge in [0.25, 0.3) is 0 Å².